The molecule has 0 aliphatic rings. The van der Waals surface area contributed by atoms with Crippen LogP contribution in [0.1, 0.15) is 17.3 Å². The molecule has 7 nitrogen and oxygen atoms in total. The number of rotatable bonds is 6. The molecule has 0 unspecified atom stereocenters. The highest BCUT2D eigenvalue weighted by Crippen LogP contribution is 2.28. The highest BCUT2D eigenvalue weighted by molar-refractivity contribution is 7.22. The molecule has 0 aliphatic heterocycles. The number of ether oxygens (including phenoxy) is 1. The van der Waals surface area contributed by atoms with Crippen molar-refractivity contribution < 1.29 is 14.3 Å². The molecule has 2 aromatic carbocycles. The molecule has 2 aromatic heterocycles. The Morgan fingerprint density at radius 2 is 1.90 bits per heavy atom. The Hall–Kier alpha value is -3.52. The van der Waals surface area contributed by atoms with Gasteiger partial charge in [-0.25, -0.2) is 14.5 Å². The molecule has 4 rings (SSSR count). The lowest BCUT2D eigenvalue weighted by atomic mass is 10.2. The zero-order chi connectivity index (χ0) is 20.2. The number of fused-ring (bicyclic) bond motifs is 1. The average Bonchev–Trinajstić information content (AvgIpc) is 3.42. The van der Waals surface area contributed by atoms with Crippen molar-refractivity contribution >= 4 is 38.6 Å². The van der Waals surface area contributed by atoms with Gasteiger partial charge in [-0.05, 0) is 49.4 Å². The number of carbonyl (C=O) groups is 2. The molecule has 0 saturated heterocycles. The van der Waals surface area contributed by atoms with Gasteiger partial charge < -0.3 is 4.74 Å². The third-order valence-corrected chi connectivity index (χ3v) is 5.39. The van der Waals surface area contributed by atoms with Crippen LogP contribution in [0.2, 0.25) is 0 Å². The normalized spacial score (nSPS) is 10.8. The maximum atomic E-state index is 12.6. The van der Waals surface area contributed by atoms with Crippen LogP contribution in [0.25, 0.3) is 15.9 Å². The van der Waals surface area contributed by atoms with Crippen molar-refractivity contribution in [2.75, 3.05) is 18.1 Å². The Kier molecular flexibility index (Phi) is 5.35. The number of aromatic nitrogens is 3. The van der Waals surface area contributed by atoms with Gasteiger partial charge in [0, 0.05) is 18.9 Å². The van der Waals surface area contributed by atoms with E-state index in [-0.39, 0.29) is 12.5 Å². The van der Waals surface area contributed by atoms with Gasteiger partial charge in [0.2, 0.25) is 0 Å². The summed E-state index contributed by atoms with van der Waals surface area (Å²) in [5.41, 5.74) is 2.04. The summed E-state index contributed by atoms with van der Waals surface area (Å²) in [5, 5.41) is 4.73. The molecule has 8 heteroatoms. The molecule has 4 aromatic rings. The van der Waals surface area contributed by atoms with Crippen molar-refractivity contribution in [2.24, 2.45) is 0 Å². The molecule has 0 aliphatic carbocycles. The standard InChI is InChI=1S/C21H18N4O3S/c1-2-24(21-23-17-6-3-4-7-18(17)29-21)19(26)14-28-20(27)15-8-10-16(11-9-15)25-13-5-12-22-25/h3-13H,2,14H2,1H3. The Morgan fingerprint density at radius 3 is 2.59 bits per heavy atom. The molecule has 2 heterocycles. The number of likely N-dealkylation sites (N-methyl/N-ethyl adjacent to an activating group) is 1. The van der Waals surface area contributed by atoms with Crippen molar-refractivity contribution in [3.05, 3.63) is 72.6 Å². The third-order valence-electron chi connectivity index (χ3n) is 4.33. The smallest absolute Gasteiger partial charge is 0.338 e. The fourth-order valence-corrected chi connectivity index (χ4v) is 3.90. The Morgan fingerprint density at radius 1 is 1.10 bits per heavy atom. The second-order valence-corrected chi connectivity index (χ2v) is 7.18. The van der Waals surface area contributed by atoms with Crippen LogP contribution < -0.4 is 4.90 Å². The number of anilines is 1. The first-order chi connectivity index (χ1) is 14.2. The number of hydrogen-bond donors (Lipinski definition) is 0. The molecule has 29 heavy (non-hydrogen) atoms. The molecule has 0 bridgehead atoms. The summed E-state index contributed by atoms with van der Waals surface area (Å²) < 4.78 is 7.92. The molecule has 0 fully saturated rings. The van der Waals surface area contributed by atoms with Crippen molar-refractivity contribution in [1.29, 1.82) is 0 Å². The van der Waals surface area contributed by atoms with Crippen LogP contribution in [-0.4, -0.2) is 39.8 Å². The molecule has 0 radical (unpaired) electrons. The maximum absolute atomic E-state index is 12.6. The highest BCUT2D eigenvalue weighted by Gasteiger charge is 2.20. The van der Waals surface area contributed by atoms with Crippen molar-refractivity contribution in [3.63, 3.8) is 0 Å². The van der Waals surface area contributed by atoms with E-state index in [1.807, 2.05) is 43.5 Å². The van der Waals surface area contributed by atoms with Crippen molar-refractivity contribution in [2.45, 2.75) is 6.92 Å². The molecule has 0 saturated carbocycles. The summed E-state index contributed by atoms with van der Waals surface area (Å²) in [6.07, 6.45) is 3.49. The summed E-state index contributed by atoms with van der Waals surface area (Å²) in [6.45, 7) is 1.96. The Labute approximate surface area is 171 Å². The zero-order valence-electron chi connectivity index (χ0n) is 15.7. The SMILES string of the molecule is CCN(C(=O)COC(=O)c1ccc(-n2cccn2)cc1)c1nc2ccccc2s1. The van der Waals surface area contributed by atoms with Crippen LogP contribution in [0.15, 0.2) is 67.0 Å². The number of benzene rings is 2. The number of carbonyl (C=O) groups excluding carboxylic acids is 2. The summed E-state index contributed by atoms with van der Waals surface area (Å²) in [6, 6.07) is 16.4. The largest absolute Gasteiger partial charge is 0.452 e. The van der Waals surface area contributed by atoms with Crippen molar-refractivity contribution in [1.82, 2.24) is 14.8 Å². The van der Waals surface area contributed by atoms with E-state index in [1.54, 1.807) is 35.1 Å². The zero-order valence-corrected chi connectivity index (χ0v) is 16.5. The van der Waals surface area contributed by atoms with Crippen LogP contribution in [0.5, 0.6) is 0 Å². The van der Waals surface area contributed by atoms with E-state index in [2.05, 4.69) is 10.1 Å². The molecule has 1 amide bonds. The lowest BCUT2D eigenvalue weighted by Crippen LogP contribution is -2.34. The van der Waals surface area contributed by atoms with Crippen molar-refractivity contribution in [3.8, 4) is 5.69 Å². The number of nitrogens with zero attached hydrogens (tertiary/aromatic N) is 4. The number of thiazole rings is 1. The number of esters is 1. The average molecular weight is 406 g/mol. The van der Waals surface area contributed by atoms with Gasteiger partial charge in [-0.1, -0.05) is 23.5 Å². The van der Waals surface area contributed by atoms with Gasteiger partial charge in [-0.15, -0.1) is 0 Å². The number of hydrogen-bond acceptors (Lipinski definition) is 6. The monoisotopic (exact) mass is 406 g/mol. The van der Waals surface area contributed by atoms with Crippen LogP contribution in [0.4, 0.5) is 5.13 Å². The van der Waals surface area contributed by atoms with Gasteiger partial charge in [-0.3, -0.25) is 9.69 Å². The fourth-order valence-electron chi connectivity index (χ4n) is 2.85. The molecular formula is C21H18N4O3S. The number of amides is 1. The molecule has 0 N–H and O–H groups in total. The molecule has 0 atom stereocenters. The van der Waals surface area contributed by atoms with E-state index in [1.165, 1.54) is 16.2 Å². The second-order valence-electron chi connectivity index (χ2n) is 6.18. The predicted octanol–water partition coefficient (Wildman–Crippen LogP) is 3.69. The van der Waals surface area contributed by atoms with Crippen LogP contribution in [-0.2, 0) is 9.53 Å². The second kappa shape index (κ2) is 8.24. The highest BCUT2D eigenvalue weighted by atomic mass is 32.1. The van der Waals surface area contributed by atoms with E-state index in [9.17, 15) is 9.59 Å². The van der Waals surface area contributed by atoms with Gasteiger partial charge in [0.15, 0.2) is 11.7 Å². The minimum absolute atomic E-state index is 0.312. The van der Waals surface area contributed by atoms with Crippen LogP contribution in [0, 0.1) is 0 Å². The van der Waals surface area contributed by atoms with Gasteiger partial charge >= 0.3 is 5.97 Å². The maximum Gasteiger partial charge on any atom is 0.338 e. The summed E-state index contributed by atoms with van der Waals surface area (Å²) in [7, 11) is 0. The van der Waals surface area contributed by atoms with Gasteiger partial charge in [0.05, 0.1) is 21.5 Å². The first-order valence-corrected chi connectivity index (χ1v) is 9.90. The fraction of sp³-hybridized carbons (Fsp3) is 0.143. The van der Waals surface area contributed by atoms with Crippen LogP contribution in [0.3, 0.4) is 0 Å². The summed E-state index contributed by atoms with van der Waals surface area (Å²) in [5.74, 6) is -0.862. The quantitative estimate of drug-likeness (QED) is 0.457. The van der Waals surface area contributed by atoms with E-state index in [0.717, 1.165) is 15.9 Å². The first-order valence-electron chi connectivity index (χ1n) is 9.09. The summed E-state index contributed by atoms with van der Waals surface area (Å²) >= 11 is 1.43. The minimum Gasteiger partial charge on any atom is -0.452 e. The van der Waals surface area contributed by atoms with Gasteiger partial charge in [-0.2, -0.15) is 5.10 Å². The Balaban J connectivity index is 1.40. The van der Waals surface area contributed by atoms with E-state index in [4.69, 9.17) is 4.74 Å². The van der Waals surface area contributed by atoms with E-state index >= 15 is 0 Å². The van der Waals surface area contributed by atoms with E-state index < -0.39 is 5.97 Å². The lowest BCUT2D eigenvalue weighted by molar-refractivity contribution is -0.121. The topological polar surface area (TPSA) is 77.3 Å². The van der Waals surface area contributed by atoms with Gasteiger partial charge in [0.1, 0.15) is 0 Å². The predicted molar refractivity (Wildman–Crippen MR) is 111 cm³/mol. The molecule has 0 spiro atoms. The van der Waals surface area contributed by atoms with Crippen LogP contribution >= 0.6 is 11.3 Å². The molecular weight excluding hydrogens is 388 g/mol. The third kappa shape index (κ3) is 4.02. The first kappa shape index (κ1) is 18.8. The number of para-hydroxylation sites is 1. The van der Waals surface area contributed by atoms with Gasteiger partial charge in [0.25, 0.3) is 5.91 Å². The molecule has 146 valence electrons. The lowest BCUT2D eigenvalue weighted by Gasteiger charge is -2.17. The summed E-state index contributed by atoms with van der Waals surface area (Å²) in [4.78, 5) is 30.9. The minimum atomic E-state index is -0.550. The Bertz CT molecular complexity index is 1100. The van der Waals surface area contributed by atoms with E-state index in [0.29, 0.717) is 17.2 Å².